The monoisotopic (exact) mass is 431 g/mol. The Labute approximate surface area is 184 Å². The summed E-state index contributed by atoms with van der Waals surface area (Å²) < 4.78 is 5.85. The second-order valence-electron chi connectivity index (χ2n) is 7.52. The number of nitro groups is 1. The van der Waals surface area contributed by atoms with Crippen LogP contribution in [-0.2, 0) is 17.9 Å². The Bertz CT molecular complexity index is 1160. The highest BCUT2D eigenvalue weighted by atomic mass is 16.6. The van der Waals surface area contributed by atoms with Gasteiger partial charge in [0.25, 0.3) is 17.5 Å². The molecule has 0 aromatic heterocycles. The maximum Gasteiger partial charge on any atom is 0.269 e. The number of carbonyl (C=O) groups excluding carboxylic acids is 2. The normalized spacial score (nSPS) is 15.3. The summed E-state index contributed by atoms with van der Waals surface area (Å²) >= 11 is 0. The first-order valence-corrected chi connectivity index (χ1v) is 10.1. The molecule has 0 bridgehead atoms. The summed E-state index contributed by atoms with van der Waals surface area (Å²) in [5.41, 5.74) is 2.55. The molecule has 4 rings (SSSR count). The maximum atomic E-state index is 12.8. The topological polar surface area (TPSA) is 102 Å². The van der Waals surface area contributed by atoms with E-state index in [1.165, 1.54) is 24.3 Å². The molecule has 8 nitrogen and oxygen atoms in total. The molecule has 3 aromatic carbocycles. The van der Waals surface area contributed by atoms with Gasteiger partial charge in [0.15, 0.2) is 6.10 Å². The van der Waals surface area contributed by atoms with Crippen LogP contribution < -0.4 is 10.1 Å². The molecular formula is C24H21N3O5. The Morgan fingerprint density at radius 1 is 1.12 bits per heavy atom. The van der Waals surface area contributed by atoms with Gasteiger partial charge < -0.3 is 15.0 Å². The highest BCUT2D eigenvalue weighted by Gasteiger charge is 2.28. The van der Waals surface area contributed by atoms with Gasteiger partial charge in [-0.05, 0) is 42.8 Å². The van der Waals surface area contributed by atoms with Crippen molar-refractivity contribution in [3.05, 3.63) is 99.6 Å². The van der Waals surface area contributed by atoms with Crippen LogP contribution in [0.3, 0.4) is 0 Å². The number of nitrogens with zero attached hydrogens (tertiary/aromatic N) is 2. The number of anilines is 1. The molecule has 0 radical (unpaired) electrons. The molecule has 1 N–H and O–H groups in total. The summed E-state index contributed by atoms with van der Waals surface area (Å²) in [4.78, 5) is 37.4. The third kappa shape index (κ3) is 4.59. The van der Waals surface area contributed by atoms with E-state index in [2.05, 4.69) is 5.32 Å². The number of benzene rings is 3. The van der Waals surface area contributed by atoms with Crippen LogP contribution in [0.2, 0.25) is 0 Å². The summed E-state index contributed by atoms with van der Waals surface area (Å²) in [7, 11) is 0. The molecule has 0 fully saturated rings. The number of rotatable bonds is 5. The summed E-state index contributed by atoms with van der Waals surface area (Å²) in [5.74, 6) is 0.0937. The number of ether oxygens (including phenoxy) is 1. The number of hydrogen-bond acceptors (Lipinski definition) is 5. The minimum atomic E-state index is -0.625. The minimum Gasteiger partial charge on any atom is -0.481 e. The SMILES string of the molecule is C[C@@H]1Oc2ccc(NC(=O)c3ccc([N+](=O)[O-])cc3)cc2CN(Cc2ccccc2)C1=O. The fraction of sp³-hybridized carbons (Fsp3) is 0.167. The van der Waals surface area contributed by atoms with Crippen LogP contribution in [0.15, 0.2) is 72.8 Å². The van der Waals surface area contributed by atoms with Crippen molar-refractivity contribution in [2.24, 2.45) is 0 Å². The molecule has 0 aliphatic carbocycles. The summed E-state index contributed by atoms with van der Waals surface area (Å²) in [5, 5.41) is 13.6. The molecule has 162 valence electrons. The summed E-state index contributed by atoms with van der Waals surface area (Å²) in [6.45, 7) is 2.51. The smallest absolute Gasteiger partial charge is 0.269 e. The molecule has 1 aliphatic rings. The van der Waals surface area contributed by atoms with Gasteiger partial charge in [-0.3, -0.25) is 19.7 Å². The van der Waals surface area contributed by atoms with Crippen LogP contribution in [0.4, 0.5) is 11.4 Å². The van der Waals surface area contributed by atoms with Crippen LogP contribution in [0.5, 0.6) is 5.75 Å². The van der Waals surface area contributed by atoms with Gasteiger partial charge >= 0.3 is 0 Å². The molecule has 1 atom stereocenters. The number of non-ortho nitro benzene ring substituents is 1. The first-order valence-electron chi connectivity index (χ1n) is 10.1. The predicted molar refractivity (Wildman–Crippen MR) is 118 cm³/mol. The zero-order chi connectivity index (χ0) is 22.7. The van der Waals surface area contributed by atoms with Crippen molar-refractivity contribution in [2.75, 3.05) is 5.32 Å². The molecular weight excluding hydrogens is 410 g/mol. The van der Waals surface area contributed by atoms with Gasteiger partial charge in [0.05, 0.1) is 4.92 Å². The average Bonchev–Trinajstić information content (AvgIpc) is 2.91. The van der Waals surface area contributed by atoms with Gasteiger partial charge in [-0.2, -0.15) is 0 Å². The van der Waals surface area contributed by atoms with Crippen molar-refractivity contribution in [1.29, 1.82) is 0 Å². The Hall–Kier alpha value is -4.20. The third-order valence-electron chi connectivity index (χ3n) is 5.20. The van der Waals surface area contributed by atoms with Crippen LogP contribution in [-0.4, -0.2) is 27.7 Å². The molecule has 0 spiro atoms. The Balaban J connectivity index is 1.54. The van der Waals surface area contributed by atoms with Crippen molar-refractivity contribution in [2.45, 2.75) is 26.1 Å². The highest BCUT2D eigenvalue weighted by Crippen LogP contribution is 2.29. The van der Waals surface area contributed by atoms with Crippen molar-refractivity contribution in [3.63, 3.8) is 0 Å². The van der Waals surface area contributed by atoms with Crippen LogP contribution in [0.25, 0.3) is 0 Å². The highest BCUT2D eigenvalue weighted by molar-refractivity contribution is 6.04. The third-order valence-corrected chi connectivity index (χ3v) is 5.20. The Kier molecular flexibility index (Phi) is 5.85. The van der Waals surface area contributed by atoms with E-state index in [0.717, 1.165) is 11.1 Å². The van der Waals surface area contributed by atoms with E-state index in [1.807, 2.05) is 30.3 Å². The fourth-order valence-electron chi connectivity index (χ4n) is 3.55. The maximum absolute atomic E-state index is 12.8. The van der Waals surface area contributed by atoms with Crippen LogP contribution >= 0.6 is 0 Å². The lowest BCUT2D eigenvalue weighted by molar-refractivity contribution is -0.384. The van der Waals surface area contributed by atoms with Gasteiger partial charge in [0, 0.05) is 42.0 Å². The van der Waals surface area contributed by atoms with Gasteiger partial charge in [-0.1, -0.05) is 30.3 Å². The fourth-order valence-corrected chi connectivity index (χ4v) is 3.55. The van der Waals surface area contributed by atoms with E-state index in [9.17, 15) is 19.7 Å². The van der Waals surface area contributed by atoms with E-state index in [4.69, 9.17) is 4.74 Å². The number of nitrogens with one attached hydrogen (secondary N) is 1. The Morgan fingerprint density at radius 2 is 1.84 bits per heavy atom. The van der Waals surface area contributed by atoms with Gasteiger partial charge in [-0.25, -0.2) is 0 Å². The van der Waals surface area contributed by atoms with Gasteiger partial charge in [0.1, 0.15) is 5.75 Å². The lowest BCUT2D eigenvalue weighted by Gasteiger charge is -2.22. The summed E-state index contributed by atoms with van der Waals surface area (Å²) in [6.07, 6.45) is -0.625. The number of amides is 2. The quantitative estimate of drug-likeness (QED) is 0.483. The van der Waals surface area contributed by atoms with Crippen molar-refractivity contribution >= 4 is 23.2 Å². The lowest BCUT2D eigenvalue weighted by atomic mass is 10.1. The first kappa shape index (κ1) is 21.0. The number of nitro benzene ring substituents is 1. The number of hydrogen-bond donors (Lipinski definition) is 1. The minimum absolute atomic E-state index is 0.0824. The number of fused-ring (bicyclic) bond motifs is 1. The van der Waals surface area contributed by atoms with E-state index in [0.29, 0.717) is 30.1 Å². The zero-order valence-corrected chi connectivity index (χ0v) is 17.4. The van der Waals surface area contributed by atoms with Crippen molar-refractivity contribution < 1.29 is 19.2 Å². The molecule has 2 amide bonds. The molecule has 3 aromatic rings. The van der Waals surface area contributed by atoms with Crippen molar-refractivity contribution in [3.8, 4) is 5.75 Å². The largest absolute Gasteiger partial charge is 0.481 e. The average molecular weight is 431 g/mol. The zero-order valence-electron chi connectivity index (χ0n) is 17.4. The van der Waals surface area contributed by atoms with E-state index >= 15 is 0 Å². The summed E-state index contributed by atoms with van der Waals surface area (Å²) in [6, 6.07) is 20.3. The van der Waals surface area contributed by atoms with Crippen LogP contribution in [0, 0.1) is 10.1 Å². The Morgan fingerprint density at radius 3 is 2.53 bits per heavy atom. The van der Waals surface area contributed by atoms with E-state index in [1.54, 1.807) is 30.0 Å². The predicted octanol–water partition coefficient (Wildman–Crippen LogP) is 4.16. The second-order valence-corrected chi connectivity index (χ2v) is 7.52. The van der Waals surface area contributed by atoms with E-state index in [-0.39, 0.29) is 17.5 Å². The van der Waals surface area contributed by atoms with E-state index < -0.39 is 11.0 Å². The molecule has 8 heteroatoms. The number of carbonyl (C=O) groups is 2. The molecule has 0 saturated heterocycles. The molecule has 32 heavy (non-hydrogen) atoms. The molecule has 0 saturated carbocycles. The van der Waals surface area contributed by atoms with Crippen molar-refractivity contribution in [1.82, 2.24) is 4.90 Å². The molecule has 1 heterocycles. The molecule has 1 aliphatic heterocycles. The first-order chi connectivity index (χ1) is 15.4. The van der Waals surface area contributed by atoms with Crippen LogP contribution in [0.1, 0.15) is 28.4 Å². The second kappa shape index (κ2) is 8.89. The standard InChI is InChI=1S/C24H21N3O5/c1-16-24(29)26(14-17-5-3-2-4-6-17)15-19-13-20(9-12-22(19)32-16)25-23(28)18-7-10-21(11-8-18)27(30)31/h2-13,16H,14-15H2,1H3,(H,25,28)/t16-/m0/s1. The molecule has 0 unspecified atom stereocenters. The van der Waals surface area contributed by atoms with Gasteiger partial charge in [0.2, 0.25) is 0 Å². The lowest BCUT2D eigenvalue weighted by Crippen LogP contribution is -2.37. The van der Waals surface area contributed by atoms with Gasteiger partial charge in [-0.15, -0.1) is 0 Å².